The molecular weight excluding hydrogens is 166 g/mol. The normalized spacial score (nSPS) is 18.9. The zero-order valence-electron chi connectivity index (χ0n) is 13.3. The Labute approximate surface area is 84.4 Å². The van der Waals surface area contributed by atoms with E-state index in [-0.39, 0.29) is 5.82 Å². The van der Waals surface area contributed by atoms with Crippen LogP contribution < -0.4 is 5.49 Å². The summed E-state index contributed by atoms with van der Waals surface area (Å²) in [7, 11) is 0. The summed E-state index contributed by atoms with van der Waals surface area (Å²) < 4.78 is 53.0. The van der Waals surface area contributed by atoms with Crippen LogP contribution >= 0.6 is 0 Å². The summed E-state index contributed by atoms with van der Waals surface area (Å²) in [4.78, 5) is 3.49. The lowest BCUT2D eigenvalue weighted by molar-refractivity contribution is 0.868. The maximum absolute atomic E-state index is 7.76. The molecule has 0 aliphatic rings. The van der Waals surface area contributed by atoms with Gasteiger partial charge >= 0.3 is 0 Å². The Kier molecular flexibility index (Phi) is 0.680. The van der Waals surface area contributed by atoms with Gasteiger partial charge < -0.3 is 0 Å². The van der Waals surface area contributed by atoms with E-state index in [9.17, 15) is 0 Å². The molecule has 2 heterocycles. The highest BCUT2D eigenvalue weighted by Gasteiger charge is 1.96. The molecule has 13 heavy (non-hydrogen) atoms. The fourth-order valence-corrected chi connectivity index (χ4v) is 0.745. The SMILES string of the molecule is [2H]c1c(-n2c([2H])nc(C([2H])([2H])[2H])c2[2H])n[nH]c(=N)c1[2H]. The van der Waals surface area contributed by atoms with Gasteiger partial charge in [-0.15, -0.1) is 0 Å². The minimum atomic E-state index is -2.66. The van der Waals surface area contributed by atoms with Crippen molar-refractivity contribution in [3.63, 3.8) is 0 Å². The monoisotopic (exact) mass is 182 g/mol. The Balaban J connectivity index is 2.75. The lowest BCUT2D eigenvalue weighted by Crippen LogP contribution is -2.08. The average Bonchev–Trinajstić information content (AvgIpc) is 2.63. The van der Waals surface area contributed by atoms with Gasteiger partial charge in [-0.2, -0.15) is 5.10 Å². The van der Waals surface area contributed by atoms with Crippen molar-refractivity contribution in [1.29, 1.82) is 5.41 Å². The quantitative estimate of drug-likeness (QED) is 0.669. The maximum atomic E-state index is 7.76. The molecule has 0 atom stereocenters. The van der Waals surface area contributed by atoms with Gasteiger partial charge in [0.05, 0.1) is 9.81 Å². The van der Waals surface area contributed by atoms with Crippen LogP contribution in [0.3, 0.4) is 0 Å². The lowest BCUT2D eigenvalue weighted by Gasteiger charge is -1.97. The lowest BCUT2D eigenvalue weighted by atomic mass is 10.5. The molecule has 5 nitrogen and oxygen atoms in total. The Morgan fingerprint density at radius 3 is 3.38 bits per heavy atom. The van der Waals surface area contributed by atoms with Crippen molar-refractivity contribution >= 4 is 0 Å². The molecule has 2 N–H and O–H groups in total. The Morgan fingerprint density at radius 2 is 2.62 bits per heavy atom. The number of H-pyrrole nitrogens is 1. The van der Waals surface area contributed by atoms with Crippen molar-refractivity contribution in [2.75, 3.05) is 0 Å². The average molecular weight is 182 g/mol. The van der Waals surface area contributed by atoms with Crippen molar-refractivity contribution in [3.05, 3.63) is 35.7 Å². The minimum Gasteiger partial charge on any atom is -0.289 e. The summed E-state index contributed by atoms with van der Waals surface area (Å²) in [5, 5.41) is 13.1. The van der Waals surface area contributed by atoms with Gasteiger partial charge in [-0.3, -0.25) is 15.1 Å². The molecule has 0 saturated carbocycles. The van der Waals surface area contributed by atoms with Crippen LogP contribution in [0.15, 0.2) is 24.6 Å². The number of aromatic nitrogens is 4. The molecule has 2 rings (SSSR count). The number of nitrogens with zero attached hydrogens (tertiary/aromatic N) is 3. The maximum Gasteiger partial charge on any atom is 0.158 e. The molecule has 5 heteroatoms. The van der Waals surface area contributed by atoms with Crippen LogP contribution in [0, 0.1) is 12.3 Å². The van der Waals surface area contributed by atoms with E-state index in [1.807, 2.05) is 0 Å². The van der Waals surface area contributed by atoms with Crippen molar-refractivity contribution in [2.24, 2.45) is 0 Å². The molecular formula is C8H9N5. The zero-order valence-corrected chi connectivity index (χ0v) is 6.34. The largest absolute Gasteiger partial charge is 0.289 e. The van der Waals surface area contributed by atoms with Crippen LogP contribution in [0.25, 0.3) is 5.82 Å². The van der Waals surface area contributed by atoms with E-state index in [1.54, 1.807) is 0 Å². The number of nitrogens with one attached hydrogen (secondary N) is 2. The third kappa shape index (κ3) is 1.48. The molecule has 66 valence electrons. The highest BCUT2D eigenvalue weighted by atomic mass is 15.2. The van der Waals surface area contributed by atoms with Crippen LogP contribution in [0.5, 0.6) is 0 Å². The summed E-state index contributed by atoms with van der Waals surface area (Å²) in [6.07, 6.45) is -1.17. The van der Waals surface area contributed by atoms with Crippen LogP contribution in [0.2, 0.25) is 0 Å². The standard InChI is InChI=1S/C8H9N5/c1-6-4-13(5-10-6)8-3-2-7(9)11-12-8/h2-5H,1H3,(H2,9,11)/i1D3,2D,3D,4D,5D. The number of hydrogen-bond acceptors (Lipinski definition) is 3. The van der Waals surface area contributed by atoms with Gasteiger partial charge in [-0.1, -0.05) is 0 Å². The fraction of sp³-hybridized carbons (Fsp3) is 0.125. The highest BCUT2D eigenvalue weighted by molar-refractivity contribution is 5.19. The third-order valence-corrected chi connectivity index (χ3v) is 1.26. The molecule has 0 fully saturated rings. The first-order chi connectivity index (χ1) is 9.14. The second-order valence-corrected chi connectivity index (χ2v) is 2.18. The Bertz CT molecular complexity index is 728. The van der Waals surface area contributed by atoms with Gasteiger partial charge in [-0.05, 0) is 18.9 Å². The van der Waals surface area contributed by atoms with Crippen LogP contribution in [-0.2, 0) is 0 Å². The first-order valence-corrected chi connectivity index (χ1v) is 3.32. The van der Waals surface area contributed by atoms with Gasteiger partial charge in [0.15, 0.2) is 5.82 Å². The van der Waals surface area contributed by atoms with Crippen LogP contribution in [0.1, 0.15) is 15.3 Å². The Hall–Kier alpha value is -1.91. The van der Waals surface area contributed by atoms with Gasteiger partial charge in [0.1, 0.15) is 13.2 Å². The van der Waals surface area contributed by atoms with Gasteiger partial charge in [0.2, 0.25) is 0 Å². The number of aryl methyl sites for hydroxylation is 1. The van der Waals surface area contributed by atoms with Gasteiger partial charge in [0.25, 0.3) is 0 Å². The van der Waals surface area contributed by atoms with E-state index >= 15 is 0 Å². The van der Waals surface area contributed by atoms with Crippen LogP contribution in [0.4, 0.5) is 0 Å². The van der Waals surface area contributed by atoms with Crippen LogP contribution in [-0.4, -0.2) is 19.7 Å². The van der Waals surface area contributed by atoms with E-state index in [1.165, 1.54) is 0 Å². The third-order valence-electron chi connectivity index (χ3n) is 1.26. The molecule has 0 aliphatic heterocycles. The summed E-state index contributed by atoms with van der Waals surface area (Å²) in [6.45, 7) is -2.66. The molecule has 2 aromatic rings. The highest BCUT2D eigenvalue weighted by Crippen LogP contribution is 2.01. The molecule has 0 saturated heterocycles. The number of aromatic amines is 1. The second-order valence-electron chi connectivity index (χ2n) is 2.18. The molecule has 0 unspecified atom stereocenters. The van der Waals surface area contributed by atoms with E-state index in [2.05, 4.69) is 15.2 Å². The zero-order chi connectivity index (χ0) is 15.2. The summed E-state index contributed by atoms with van der Waals surface area (Å²) >= 11 is 0. The van der Waals surface area contributed by atoms with E-state index in [0.29, 0.717) is 0 Å². The first-order valence-electron chi connectivity index (χ1n) is 6.82. The molecule has 2 aromatic heterocycles. The predicted molar refractivity (Wildman–Crippen MR) is 46.3 cm³/mol. The molecule has 0 bridgehead atoms. The van der Waals surface area contributed by atoms with E-state index in [4.69, 9.17) is 15.0 Å². The number of rotatable bonds is 1. The predicted octanol–water partition coefficient (Wildman–Crippen LogP) is 0.383. The number of hydrogen-bond donors (Lipinski definition) is 2. The van der Waals surface area contributed by atoms with E-state index in [0.717, 1.165) is 4.57 Å². The smallest absolute Gasteiger partial charge is 0.158 e. The van der Waals surface area contributed by atoms with Crippen molar-refractivity contribution in [2.45, 2.75) is 6.85 Å². The molecule has 0 radical (unpaired) electrons. The molecule has 0 spiro atoms. The van der Waals surface area contributed by atoms with Gasteiger partial charge in [-0.25, -0.2) is 4.98 Å². The molecule has 0 amide bonds. The molecule has 0 aliphatic carbocycles. The molecule has 0 aromatic carbocycles. The topological polar surface area (TPSA) is 70.3 Å². The second kappa shape index (κ2) is 2.85. The first kappa shape index (κ1) is 3.10. The summed E-state index contributed by atoms with van der Waals surface area (Å²) in [6, 6.07) is -0.969. The summed E-state index contributed by atoms with van der Waals surface area (Å²) in [5.41, 5.74) is -0.974. The van der Waals surface area contributed by atoms with Crippen molar-refractivity contribution in [1.82, 2.24) is 19.7 Å². The fourth-order valence-electron chi connectivity index (χ4n) is 0.745. The number of imidazole rings is 1. The van der Waals surface area contributed by atoms with Crippen molar-refractivity contribution in [3.8, 4) is 5.82 Å². The summed E-state index contributed by atoms with van der Waals surface area (Å²) in [5.74, 6) is -0.316. The minimum absolute atomic E-state index is 0.316. The Morgan fingerprint density at radius 1 is 1.69 bits per heavy atom. The van der Waals surface area contributed by atoms with Crippen molar-refractivity contribution < 1.29 is 9.60 Å². The van der Waals surface area contributed by atoms with E-state index < -0.39 is 42.6 Å². The van der Waals surface area contributed by atoms with Gasteiger partial charge in [0, 0.05) is 10.3 Å².